The van der Waals surface area contributed by atoms with Crippen LogP contribution in [-0.2, 0) is 0 Å². The Morgan fingerprint density at radius 1 is 1.06 bits per heavy atom. The van der Waals surface area contributed by atoms with E-state index in [4.69, 9.17) is 0 Å². The fourth-order valence-electron chi connectivity index (χ4n) is 2.23. The van der Waals surface area contributed by atoms with Crippen molar-refractivity contribution >= 4 is 21.8 Å². The number of fused-ring (bicyclic) bond motifs is 3. The molecule has 0 fully saturated rings. The van der Waals surface area contributed by atoms with Gasteiger partial charge in [-0.3, -0.25) is 4.98 Å². The van der Waals surface area contributed by atoms with E-state index in [1.807, 2.05) is 6.20 Å². The number of aromatic amines is 1. The van der Waals surface area contributed by atoms with Gasteiger partial charge in [-0.15, -0.1) is 0 Å². The maximum Gasteiger partial charge on any atom is 0.0686 e. The minimum atomic E-state index is 0.441. The van der Waals surface area contributed by atoms with Gasteiger partial charge < -0.3 is 4.98 Å². The third-order valence-corrected chi connectivity index (χ3v) is 3.00. The lowest BCUT2D eigenvalue weighted by Crippen LogP contribution is -1.92. The van der Waals surface area contributed by atoms with Crippen LogP contribution in [0.1, 0.15) is 25.5 Å². The SMILES string of the molecule is CC(C)c1nccc2c1[nH]c1ccccc12. The highest BCUT2D eigenvalue weighted by Crippen LogP contribution is 2.29. The monoisotopic (exact) mass is 210 g/mol. The first-order valence-electron chi connectivity index (χ1n) is 5.62. The molecule has 80 valence electrons. The molecular formula is C14H14N2. The van der Waals surface area contributed by atoms with Gasteiger partial charge in [-0.2, -0.15) is 0 Å². The molecular weight excluding hydrogens is 196 g/mol. The van der Waals surface area contributed by atoms with Gasteiger partial charge in [0.05, 0.1) is 11.2 Å². The number of rotatable bonds is 1. The third-order valence-electron chi connectivity index (χ3n) is 3.00. The Kier molecular flexibility index (Phi) is 1.96. The molecule has 3 aromatic rings. The van der Waals surface area contributed by atoms with Crippen molar-refractivity contribution in [2.24, 2.45) is 0 Å². The topological polar surface area (TPSA) is 28.7 Å². The van der Waals surface area contributed by atoms with E-state index in [-0.39, 0.29) is 0 Å². The molecule has 0 unspecified atom stereocenters. The smallest absolute Gasteiger partial charge is 0.0686 e. The van der Waals surface area contributed by atoms with Crippen molar-refractivity contribution in [2.75, 3.05) is 0 Å². The van der Waals surface area contributed by atoms with Gasteiger partial charge in [-0.25, -0.2) is 0 Å². The normalized spacial score (nSPS) is 11.7. The van der Waals surface area contributed by atoms with Crippen molar-refractivity contribution < 1.29 is 0 Å². The van der Waals surface area contributed by atoms with Gasteiger partial charge in [-0.1, -0.05) is 32.0 Å². The highest BCUT2D eigenvalue weighted by molar-refractivity contribution is 6.07. The van der Waals surface area contributed by atoms with Gasteiger partial charge in [0.25, 0.3) is 0 Å². The van der Waals surface area contributed by atoms with Crippen LogP contribution in [-0.4, -0.2) is 9.97 Å². The van der Waals surface area contributed by atoms with E-state index in [0.29, 0.717) is 5.92 Å². The predicted octanol–water partition coefficient (Wildman–Crippen LogP) is 3.84. The number of aromatic nitrogens is 2. The maximum atomic E-state index is 4.47. The number of nitrogens with zero attached hydrogens (tertiary/aromatic N) is 1. The predicted molar refractivity (Wildman–Crippen MR) is 67.7 cm³/mol. The van der Waals surface area contributed by atoms with Crippen molar-refractivity contribution in [1.29, 1.82) is 0 Å². The van der Waals surface area contributed by atoms with E-state index >= 15 is 0 Å². The summed E-state index contributed by atoms with van der Waals surface area (Å²) in [5.74, 6) is 0.441. The molecule has 0 spiro atoms. The number of pyridine rings is 1. The Morgan fingerprint density at radius 3 is 2.69 bits per heavy atom. The van der Waals surface area contributed by atoms with Crippen molar-refractivity contribution in [3.05, 3.63) is 42.2 Å². The van der Waals surface area contributed by atoms with Crippen molar-refractivity contribution in [1.82, 2.24) is 9.97 Å². The maximum absolute atomic E-state index is 4.47. The second kappa shape index (κ2) is 3.34. The van der Waals surface area contributed by atoms with E-state index in [2.05, 4.69) is 54.1 Å². The van der Waals surface area contributed by atoms with E-state index in [0.717, 1.165) is 5.69 Å². The van der Waals surface area contributed by atoms with Crippen LogP contribution >= 0.6 is 0 Å². The quantitative estimate of drug-likeness (QED) is 0.649. The zero-order chi connectivity index (χ0) is 11.1. The first kappa shape index (κ1) is 9.40. The number of hydrogen-bond donors (Lipinski definition) is 1. The summed E-state index contributed by atoms with van der Waals surface area (Å²) in [6.45, 7) is 4.35. The number of hydrogen-bond acceptors (Lipinski definition) is 1. The summed E-state index contributed by atoms with van der Waals surface area (Å²) in [5.41, 5.74) is 3.51. The second-order valence-corrected chi connectivity index (χ2v) is 4.44. The summed E-state index contributed by atoms with van der Waals surface area (Å²) in [5, 5.41) is 2.55. The molecule has 2 aromatic heterocycles. The van der Waals surface area contributed by atoms with Crippen LogP contribution in [0, 0.1) is 0 Å². The lowest BCUT2D eigenvalue weighted by Gasteiger charge is -2.04. The lowest BCUT2D eigenvalue weighted by atomic mass is 10.1. The van der Waals surface area contributed by atoms with Gasteiger partial charge in [0.2, 0.25) is 0 Å². The van der Waals surface area contributed by atoms with Crippen LogP contribution < -0.4 is 0 Å². The molecule has 0 aliphatic heterocycles. The lowest BCUT2D eigenvalue weighted by molar-refractivity contribution is 0.832. The molecule has 2 heterocycles. The molecule has 2 heteroatoms. The van der Waals surface area contributed by atoms with E-state index in [1.54, 1.807) is 0 Å². The van der Waals surface area contributed by atoms with Crippen LogP contribution in [0.15, 0.2) is 36.5 Å². The molecule has 1 aromatic carbocycles. The van der Waals surface area contributed by atoms with Crippen LogP contribution in [0.2, 0.25) is 0 Å². The van der Waals surface area contributed by atoms with Crippen molar-refractivity contribution in [3.63, 3.8) is 0 Å². The Balaban J connectivity index is 2.49. The molecule has 1 N–H and O–H groups in total. The van der Waals surface area contributed by atoms with Crippen LogP contribution in [0.4, 0.5) is 0 Å². The summed E-state index contributed by atoms with van der Waals surface area (Å²) in [7, 11) is 0. The molecule has 0 saturated carbocycles. The molecule has 2 nitrogen and oxygen atoms in total. The summed E-state index contributed by atoms with van der Waals surface area (Å²) in [6.07, 6.45) is 1.90. The molecule has 16 heavy (non-hydrogen) atoms. The zero-order valence-electron chi connectivity index (χ0n) is 9.49. The highest BCUT2D eigenvalue weighted by atomic mass is 14.8. The number of nitrogens with one attached hydrogen (secondary N) is 1. The van der Waals surface area contributed by atoms with E-state index < -0.39 is 0 Å². The Hall–Kier alpha value is -1.83. The summed E-state index contributed by atoms with van der Waals surface area (Å²) in [6, 6.07) is 10.5. The Labute approximate surface area is 94.3 Å². The van der Waals surface area contributed by atoms with Gasteiger partial charge in [-0.05, 0) is 18.1 Å². The van der Waals surface area contributed by atoms with E-state index in [1.165, 1.54) is 21.8 Å². The van der Waals surface area contributed by atoms with Crippen LogP contribution in [0.25, 0.3) is 21.8 Å². The fourth-order valence-corrected chi connectivity index (χ4v) is 2.23. The average Bonchev–Trinajstić information content (AvgIpc) is 2.67. The first-order chi connectivity index (χ1) is 7.77. The van der Waals surface area contributed by atoms with Crippen LogP contribution in [0.3, 0.4) is 0 Å². The Morgan fingerprint density at radius 2 is 1.88 bits per heavy atom. The van der Waals surface area contributed by atoms with Crippen LogP contribution in [0.5, 0.6) is 0 Å². The van der Waals surface area contributed by atoms with Gasteiger partial charge in [0, 0.05) is 22.5 Å². The summed E-state index contributed by atoms with van der Waals surface area (Å²) >= 11 is 0. The minimum Gasteiger partial charge on any atom is -0.353 e. The number of para-hydroxylation sites is 1. The molecule has 0 aliphatic carbocycles. The molecule has 0 amide bonds. The molecule has 0 saturated heterocycles. The van der Waals surface area contributed by atoms with Crippen molar-refractivity contribution in [3.8, 4) is 0 Å². The first-order valence-corrected chi connectivity index (χ1v) is 5.62. The second-order valence-electron chi connectivity index (χ2n) is 4.44. The molecule has 0 aliphatic rings. The van der Waals surface area contributed by atoms with Gasteiger partial charge in [0.15, 0.2) is 0 Å². The number of benzene rings is 1. The highest BCUT2D eigenvalue weighted by Gasteiger charge is 2.10. The third kappa shape index (κ3) is 1.23. The molecule has 0 radical (unpaired) electrons. The average molecular weight is 210 g/mol. The van der Waals surface area contributed by atoms with Gasteiger partial charge in [0.1, 0.15) is 0 Å². The largest absolute Gasteiger partial charge is 0.353 e. The Bertz CT molecular complexity index is 650. The standard InChI is InChI=1S/C14H14N2/c1-9(2)13-14-11(7-8-15-13)10-5-3-4-6-12(10)16-14/h3-9,16H,1-2H3. The molecule has 3 rings (SSSR count). The number of H-pyrrole nitrogens is 1. The zero-order valence-corrected chi connectivity index (χ0v) is 9.49. The van der Waals surface area contributed by atoms with E-state index in [9.17, 15) is 0 Å². The summed E-state index contributed by atoms with van der Waals surface area (Å²) in [4.78, 5) is 7.94. The molecule has 0 bridgehead atoms. The fraction of sp³-hybridized carbons (Fsp3) is 0.214. The summed E-state index contributed by atoms with van der Waals surface area (Å²) < 4.78 is 0. The van der Waals surface area contributed by atoms with Gasteiger partial charge >= 0.3 is 0 Å². The minimum absolute atomic E-state index is 0.441. The van der Waals surface area contributed by atoms with Crippen molar-refractivity contribution in [2.45, 2.75) is 19.8 Å². The molecule has 0 atom stereocenters.